The molecule has 0 fully saturated rings. The minimum Gasteiger partial charge on any atom is -0.496 e. The molecule has 1 aliphatic heterocycles. The van der Waals surface area contributed by atoms with E-state index in [9.17, 15) is 4.79 Å². The van der Waals surface area contributed by atoms with Crippen LogP contribution in [0.3, 0.4) is 0 Å². The van der Waals surface area contributed by atoms with Crippen LogP contribution < -0.4 is 10.1 Å². The Hall–Kier alpha value is -1.51. The van der Waals surface area contributed by atoms with E-state index in [0.29, 0.717) is 6.54 Å². The summed E-state index contributed by atoms with van der Waals surface area (Å²) in [5.74, 6) is 0.797. The zero-order valence-electron chi connectivity index (χ0n) is 7.68. The predicted octanol–water partition coefficient (Wildman–Crippen LogP) is 1.25. The van der Waals surface area contributed by atoms with Gasteiger partial charge >= 0.3 is 0 Å². The smallest absolute Gasteiger partial charge is 0.252 e. The van der Waals surface area contributed by atoms with Crippen molar-refractivity contribution in [3.05, 3.63) is 28.8 Å². The number of carbonyl (C=O) groups excluding carboxylic acids is 1. The molecule has 3 nitrogen and oxygen atoms in total. The van der Waals surface area contributed by atoms with Crippen molar-refractivity contribution >= 4 is 5.91 Å². The zero-order valence-corrected chi connectivity index (χ0v) is 7.68. The molecule has 0 aromatic heterocycles. The van der Waals surface area contributed by atoms with Gasteiger partial charge in [0.1, 0.15) is 5.75 Å². The summed E-state index contributed by atoms with van der Waals surface area (Å²) >= 11 is 0. The number of methoxy groups -OCH3 is 1. The van der Waals surface area contributed by atoms with Crippen LogP contribution in [0, 0.1) is 6.92 Å². The van der Waals surface area contributed by atoms with Gasteiger partial charge in [0.05, 0.1) is 12.7 Å². The van der Waals surface area contributed by atoms with E-state index in [1.807, 2.05) is 19.1 Å². The van der Waals surface area contributed by atoms with Crippen LogP contribution in [-0.2, 0) is 6.54 Å². The summed E-state index contributed by atoms with van der Waals surface area (Å²) in [4.78, 5) is 11.4. The SMILES string of the molecule is COc1ccc(C)c2c1CNC2=O. The Morgan fingerprint density at radius 2 is 2.23 bits per heavy atom. The number of benzene rings is 1. The third kappa shape index (κ3) is 1.08. The molecule has 0 spiro atoms. The van der Waals surface area contributed by atoms with Crippen molar-refractivity contribution in [1.82, 2.24) is 5.32 Å². The van der Waals surface area contributed by atoms with Crippen molar-refractivity contribution in [2.24, 2.45) is 0 Å². The maximum absolute atomic E-state index is 11.4. The molecule has 0 bridgehead atoms. The number of fused-ring (bicyclic) bond motifs is 1. The average Bonchev–Trinajstić information content (AvgIpc) is 2.50. The molecule has 3 heteroatoms. The van der Waals surface area contributed by atoms with Gasteiger partial charge in [0.15, 0.2) is 0 Å². The molecule has 1 aromatic rings. The summed E-state index contributed by atoms with van der Waals surface area (Å²) in [6, 6.07) is 3.80. The highest BCUT2D eigenvalue weighted by atomic mass is 16.5. The van der Waals surface area contributed by atoms with E-state index >= 15 is 0 Å². The molecular weight excluding hydrogens is 166 g/mol. The molecule has 0 atom stereocenters. The fraction of sp³-hybridized carbons (Fsp3) is 0.300. The Morgan fingerprint density at radius 1 is 1.46 bits per heavy atom. The number of hydrogen-bond acceptors (Lipinski definition) is 2. The average molecular weight is 177 g/mol. The Labute approximate surface area is 76.7 Å². The van der Waals surface area contributed by atoms with E-state index in [1.165, 1.54) is 0 Å². The van der Waals surface area contributed by atoms with Crippen LogP contribution in [0.15, 0.2) is 12.1 Å². The third-order valence-electron chi connectivity index (χ3n) is 2.35. The molecule has 1 N–H and O–H groups in total. The van der Waals surface area contributed by atoms with Crippen molar-refractivity contribution in [1.29, 1.82) is 0 Å². The second-order valence-corrected chi connectivity index (χ2v) is 3.12. The van der Waals surface area contributed by atoms with Crippen molar-refractivity contribution in [3.63, 3.8) is 0 Å². The molecule has 68 valence electrons. The number of nitrogens with one attached hydrogen (secondary N) is 1. The van der Waals surface area contributed by atoms with Crippen LogP contribution in [0.5, 0.6) is 5.75 Å². The molecule has 13 heavy (non-hydrogen) atoms. The van der Waals surface area contributed by atoms with E-state index in [0.717, 1.165) is 22.4 Å². The first-order valence-corrected chi connectivity index (χ1v) is 4.18. The third-order valence-corrected chi connectivity index (χ3v) is 2.35. The normalized spacial score (nSPS) is 13.8. The van der Waals surface area contributed by atoms with Gasteiger partial charge in [-0.1, -0.05) is 6.07 Å². The predicted molar refractivity (Wildman–Crippen MR) is 48.9 cm³/mol. The fourth-order valence-corrected chi connectivity index (χ4v) is 1.69. The quantitative estimate of drug-likeness (QED) is 0.701. The Morgan fingerprint density at radius 3 is 2.92 bits per heavy atom. The van der Waals surface area contributed by atoms with Gasteiger partial charge in [0.2, 0.25) is 0 Å². The summed E-state index contributed by atoms with van der Waals surface area (Å²) in [6.45, 7) is 2.52. The summed E-state index contributed by atoms with van der Waals surface area (Å²) in [7, 11) is 1.62. The van der Waals surface area contributed by atoms with Crippen molar-refractivity contribution in [3.8, 4) is 5.75 Å². The molecule has 1 aromatic carbocycles. The molecule has 0 radical (unpaired) electrons. The topological polar surface area (TPSA) is 38.3 Å². The minimum absolute atomic E-state index is 0.00593. The number of ether oxygens (including phenoxy) is 1. The maximum Gasteiger partial charge on any atom is 0.252 e. The van der Waals surface area contributed by atoms with Gasteiger partial charge < -0.3 is 10.1 Å². The molecule has 1 aliphatic rings. The van der Waals surface area contributed by atoms with Gasteiger partial charge in [-0.15, -0.1) is 0 Å². The maximum atomic E-state index is 11.4. The molecule has 0 saturated heterocycles. The van der Waals surface area contributed by atoms with Gasteiger partial charge in [-0.3, -0.25) is 4.79 Å². The molecular formula is C10H11NO2. The van der Waals surface area contributed by atoms with E-state index in [1.54, 1.807) is 7.11 Å². The van der Waals surface area contributed by atoms with Crippen LogP contribution in [-0.4, -0.2) is 13.0 Å². The van der Waals surface area contributed by atoms with Gasteiger partial charge in [-0.2, -0.15) is 0 Å². The minimum atomic E-state index is 0.00593. The lowest BCUT2D eigenvalue weighted by Crippen LogP contribution is -2.13. The van der Waals surface area contributed by atoms with Crippen LogP contribution >= 0.6 is 0 Å². The fourth-order valence-electron chi connectivity index (χ4n) is 1.69. The highest BCUT2D eigenvalue weighted by molar-refractivity contribution is 6.00. The monoisotopic (exact) mass is 177 g/mol. The number of hydrogen-bond donors (Lipinski definition) is 1. The Balaban J connectivity index is 2.65. The van der Waals surface area contributed by atoms with Gasteiger partial charge in [-0.25, -0.2) is 0 Å². The van der Waals surface area contributed by atoms with Crippen LogP contribution in [0.4, 0.5) is 0 Å². The standard InChI is InChI=1S/C10H11NO2/c1-6-3-4-8(13-2)7-5-11-10(12)9(6)7/h3-4H,5H2,1-2H3,(H,11,12). The van der Waals surface area contributed by atoms with Crippen LogP contribution in [0.1, 0.15) is 21.5 Å². The first-order chi connectivity index (χ1) is 6.24. The van der Waals surface area contributed by atoms with Crippen molar-refractivity contribution in [2.75, 3.05) is 7.11 Å². The van der Waals surface area contributed by atoms with E-state index in [2.05, 4.69) is 5.32 Å². The Kier molecular flexibility index (Phi) is 1.72. The lowest BCUT2D eigenvalue weighted by molar-refractivity contribution is 0.0965. The first kappa shape index (κ1) is 8.10. The van der Waals surface area contributed by atoms with Crippen LogP contribution in [0.2, 0.25) is 0 Å². The molecule has 0 saturated carbocycles. The lowest BCUT2D eigenvalue weighted by Gasteiger charge is -2.06. The molecule has 0 unspecified atom stereocenters. The summed E-state index contributed by atoms with van der Waals surface area (Å²) < 4.78 is 5.17. The lowest BCUT2D eigenvalue weighted by atomic mass is 10.0. The number of amides is 1. The second kappa shape index (κ2) is 2.76. The van der Waals surface area contributed by atoms with E-state index in [4.69, 9.17) is 4.74 Å². The summed E-state index contributed by atoms with van der Waals surface area (Å²) in [5, 5.41) is 2.78. The number of rotatable bonds is 1. The summed E-state index contributed by atoms with van der Waals surface area (Å²) in [6.07, 6.45) is 0. The van der Waals surface area contributed by atoms with Gasteiger partial charge in [0, 0.05) is 12.1 Å². The van der Waals surface area contributed by atoms with Crippen molar-refractivity contribution in [2.45, 2.75) is 13.5 Å². The highest BCUT2D eigenvalue weighted by Gasteiger charge is 2.23. The molecule has 1 heterocycles. The molecule has 0 aliphatic carbocycles. The second-order valence-electron chi connectivity index (χ2n) is 3.12. The first-order valence-electron chi connectivity index (χ1n) is 4.18. The van der Waals surface area contributed by atoms with Crippen LogP contribution in [0.25, 0.3) is 0 Å². The number of aryl methyl sites for hydroxylation is 1. The molecule has 1 amide bonds. The molecule has 2 rings (SSSR count). The highest BCUT2D eigenvalue weighted by Crippen LogP contribution is 2.28. The summed E-state index contributed by atoms with van der Waals surface area (Å²) in [5.41, 5.74) is 2.76. The van der Waals surface area contributed by atoms with E-state index in [-0.39, 0.29) is 5.91 Å². The van der Waals surface area contributed by atoms with Gasteiger partial charge in [-0.05, 0) is 18.6 Å². The van der Waals surface area contributed by atoms with Gasteiger partial charge in [0.25, 0.3) is 5.91 Å². The zero-order chi connectivity index (χ0) is 9.42. The largest absolute Gasteiger partial charge is 0.496 e. The Bertz CT molecular complexity index is 371. The van der Waals surface area contributed by atoms with E-state index < -0.39 is 0 Å². The van der Waals surface area contributed by atoms with Crippen molar-refractivity contribution < 1.29 is 9.53 Å². The number of carbonyl (C=O) groups is 1.